The zero-order valence-corrected chi connectivity index (χ0v) is 14.5. The third kappa shape index (κ3) is 4.02. The molecule has 3 rings (SSSR count). The Balaban J connectivity index is 1.55. The summed E-state index contributed by atoms with van der Waals surface area (Å²) in [6, 6.07) is 5.95. The molecule has 0 atom stereocenters. The smallest absolute Gasteiger partial charge is 0.213 e. The zero-order valence-electron chi connectivity index (χ0n) is 13.7. The summed E-state index contributed by atoms with van der Waals surface area (Å²) in [5.74, 6) is 0.758. The van der Waals surface area contributed by atoms with Gasteiger partial charge in [0.05, 0.1) is 17.2 Å². The second-order valence-electron chi connectivity index (χ2n) is 6.82. The fourth-order valence-electron chi connectivity index (χ4n) is 3.69. The van der Waals surface area contributed by atoms with Gasteiger partial charge in [0.2, 0.25) is 10.0 Å². The number of aromatic nitrogens is 2. The van der Waals surface area contributed by atoms with Crippen LogP contribution in [0.1, 0.15) is 38.5 Å². The highest BCUT2D eigenvalue weighted by molar-refractivity contribution is 7.89. The molecule has 0 spiro atoms. The molecule has 1 aliphatic heterocycles. The fraction of sp³-hybridized carbons (Fsp3) is 0.688. The van der Waals surface area contributed by atoms with Crippen LogP contribution in [0.25, 0.3) is 0 Å². The highest BCUT2D eigenvalue weighted by Crippen LogP contribution is 2.38. The molecule has 130 valence electrons. The normalized spacial score (nSPS) is 21.5. The maximum absolute atomic E-state index is 12.5. The molecule has 7 nitrogen and oxygen atoms in total. The Kier molecular flexibility index (Phi) is 5.01. The first-order chi connectivity index (χ1) is 11.5. The summed E-state index contributed by atoms with van der Waals surface area (Å²) in [5.41, 5.74) is -0.688. The van der Waals surface area contributed by atoms with E-state index in [-0.39, 0.29) is 11.8 Å². The van der Waals surface area contributed by atoms with Gasteiger partial charge < -0.3 is 4.90 Å². The molecular formula is C16H23N5O2S. The van der Waals surface area contributed by atoms with Crippen molar-refractivity contribution in [3.8, 4) is 6.07 Å². The summed E-state index contributed by atoms with van der Waals surface area (Å²) in [6.07, 6.45) is 6.37. The van der Waals surface area contributed by atoms with Crippen LogP contribution in [0.3, 0.4) is 0 Å². The number of sulfonamides is 1. The average molecular weight is 349 g/mol. The molecule has 24 heavy (non-hydrogen) atoms. The Morgan fingerprint density at radius 1 is 1.33 bits per heavy atom. The number of piperidine rings is 1. The Morgan fingerprint density at radius 2 is 2.04 bits per heavy atom. The van der Waals surface area contributed by atoms with E-state index in [9.17, 15) is 13.7 Å². The van der Waals surface area contributed by atoms with Crippen molar-refractivity contribution >= 4 is 15.8 Å². The largest absolute Gasteiger partial charge is 0.355 e. The molecule has 2 aliphatic rings. The lowest BCUT2D eigenvalue weighted by atomic mass is 9.91. The van der Waals surface area contributed by atoms with E-state index in [0.717, 1.165) is 44.6 Å². The van der Waals surface area contributed by atoms with Gasteiger partial charge in [-0.05, 0) is 37.8 Å². The third-order valence-electron chi connectivity index (χ3n) is 4.99. The Bertz CT molecular complexity index is 687. The van der Waals surface area contributed by atoms with E-state index in [1.165, 1.54) is 0 Å². The highest BCUT2D eigenvalue weighted by atomic mass is 32.2. The molecule has 0 bridgehead atoms. The van der Waals surface area contributed by atoms with Crippen molar-refractivity contribution in [3.05, 3.63) is 18.3 Å². The van der Waals surface area contributed by atoms with Crippen molar-refractivity contribution in [3.63, 3.8) is 0 Å². The van der Waals surface area contributed by atoms with Crippen LogP contribution in [-0.2, 0) is 10.0 Å². The Labute approximate surface area is 143 Å². The SMILES string of the molecule is N#CC1(CS(=O)(=O)NC2CCN(c3cccnn3)CC2)CCCC1. The minimum absolute atomic E-state index is 0.0686. The molecule has 0 unspecified atom stereocenters. The molecular weight excluding hydrogens is 326 g/mol. The van der Waals surface area contributed by atoms with Crippen molar-refractivity contribution in [2.75, 3.05) is 23.7 Å². The maximum atomic E-state index is 12.5. The lowest BCUT2D eigenvalue weighted by molar-refractivity contribution is 0.431. The molecule has 2 fully saturated rings. The van der Waals surface area contributed by atoms with Gasteiger partial charge in [0, 0.05) is 25.3 Å². The zero-order chi connectivity index (χ0) is 17.0. The Morgan fingerprint density at radius 3 is 2.62 bits per heavy atom. The van der Waals surface area contributed by atoms with Crippen LogP contribution in [0.5, 0.6) is 0 Å². The summed E-state index contributed by atoms with van der Waals surface area (Å²) < 4.78 is 27.8. The minimum Gasteiger partial charge on any atom is -0.355 e. The number of nitrogens with one attached hydrogen (secondary N) is 1. The highest BCUT2D eigenvalue weighted by Gasteiger charge is 2.39. The minimum atomic E-state index is -3.44. The molecule has 1 N–H and O–H groups in total. The van der Waals surface area contributed by atoms with Crippen molar-refractivity contribution < 1.29 is 8.42 Å². The summed E-state index contributed by atoms with van der Waals surface area (Å²) >= 11 is 0. The van der Waals surface area contributed by atoms with E-state index in [0.29, 0.717) is 12.8 Å². The number of anilines is 1. The predicted molar refractivity (Wildman–Crippen MR) is 90.7 cm³/mol. The van der Waals surface area contributed by atoms with E-state index in [2.05, 4.69) is 25.9 Å². The van der Waals surface area contributed by atoms with Gasteiger partial charge in [-0.3, -0.25) is 0 Å². The van der Waals surface area contributed by atoms with Crippen LogP contribution in [0.4, 0.5) is 5.82 Å². The molecule has 8 heteroatoms. The second kappa shape index (κ2) is 7.03. The van der Waals surface area contributed by atoms with E-state index in [4.69, 9.17) is 0 Å². The van der Waals surface area contributed by atoms with Crippen LogP contribution in [-0.4, -0.2) is 43.5 Å². The maximum Gasteiger partial charge on any atom is 0.213 e. The number of nitriles is 1. The summed E-state index contributed by atoms with van der Waals surface area (Å²) in [7, 11) is -3.44. The van der Waals surface area contributed by atoms with E-state index in [1.807, 2.05) is 12.1 Å². The first kappa shape index (κ1) is 17.1. The number of hydrogen-bond acceptors (Lipinski definition) is 6. The quantitative estimate of drug-likeness (QED) is 0.864. The van der Waals surface area contributed by atoms with Crippen molar-refractivity contribution in [2.24, 2.45) is 5.41 Å². The predicted octanol–water partition coefficient (Wildman–Crippen LogP) is 1.45. The molecule has 2 heterocycles. The van der Waals surface area contributed by atoms with Gasteiger partial charge in [0.25, 0.3) is 0 Å². The molecule has 1 aromatic heterocycles. The van der Waals surface area contributed by atoms with Crippen LogP contribution in [0.15, 0.2) is 18.3 Å². The summed E-state index contributed by atoms with van der Waals surface area (Å²) in [6.45, 7) is 1.49. The molecule has 0 radical (unpaired) electrons. The van der Waals surface area contributed by atoms with Crippen molar-refractivity contribution in [1.29, 1.82) is 5.26 Å². The standard InChI is InChI=1S/C16H23N5O2S/c17-12-16(7-1-2-8-16)13-24(22,23)20-14-5-10-21(11-6-14)15-4-3-9-18-19-15/h3-4,9,14,20H,1-2,5-8,10-11,13H2. The number of rotatable bonds is 5. The third-order valence-corrected chi connectivity index (χ3v) is 6.61. The molecule has 1 aliphatic carbocycles. The lowest BCUT2D eigenvalue weighted by Crippen LogP contribution is -2.47. The van der Waals surface area contributed by atoms with Gasteiger partial charge >= 0.3 is 0 Å². The molecule has 1 saturated carbocycles. The fourth-order valence-corrected chi connectivity index (χ4v) is 5.60. The first-order valence-corrected chi connectivity index (χ1v) is 10.1. The topological polar surface area (TPSA) is 99.0 Å². The Hall–Kier alpha value is -1.72. The van der Waals surface area contributed by atoms with Crippen LogP contribution in [0, 0.1) is 16.7 Å². The van der Waals surface area contributed by atoms with Gasteiger partial charge in [-0.15, -0.1) is 5.10 Å². The van der Waals surface area contributed by atoms with Gasteiger partial charge in [0.1, 0.15) is 0 Å². The second-order valence-corrected chi connectivity index (χ2v) is 8.57. The van der Waals surface area contributed by atoms with E-state index in [1.54, 1.807) is 6.20 Å². The molecule has 1 aromatic rings. The summed E-state index contributed by atoms with van der Waals surface area (Å²) in [5, 5.41) is 17.4. The van der Waals surface area contributed by atoms with Crippen molar-refractivity contribution in [1.82, 2.24) is 14.9 Å². The average Bonchev–Trinajstić information content (AvgIpc) is 3.04. The van der Waals surface area contributed by atoms with E-state index < -0.39 is 15.4 Å². The number of hydrogen-bond donors (Lipinski definition) is 1. The van der Waals surface area contributed by atoms with Gasteiger partial charge in [-0.1, -0.05) is 12.8 Å². The van der Waals surface area contributed by atoms with Crippen LogP contribution >= 0.6 is 0 Å². The van der Waals surface area contributed by atoms with Crippen molar-refractivity contribution in [2.45, 2.75) is 44.6 Å². The number of nitrogens with zero attached hydrogens (tertiary/aromatic N) is 4. The van der Waals surface area contributed by atoms with Gasteiger partial charge in [-0.2, -0.15) is 10.4 Å². The molecule has 0 aromatic carbocycles. The van der Waals surface area contributed by atoms with Crippen LogP contribution < -0.4 is 9.62 Å². The molecule has 1 saturated heterocycles. The van der Waals surface area contributed by atoms with E-state index >= 15 is 0 Å². The molecule has 0 amide bonds. The van der Waals surface area contributed by atoms with Crippen LogP contribution in [0.2, 0.25) is 0 Å². The first-order valence-electron chi connectivity index (χ1n) is 8.46. The summed E-state index contributed by atoms with van der Waals surface area (Å²) in [4.78, 5) is 2.12. The van der Waals surface area contributed by atoms with Gasteiger partial charge in [0.15, 0.2) is 5.82 Å². The van der Waals surface area contributed by atoms with Gasteiger partial charge in [-0.25, -0.2) is 13.1 Å². The lowest BCUT2D eigenvalue weighted by Gasteiger charge is -2.33. The monoisotopic (exact) mass is 349 g/mol.